The van der Waals surface area contributed by atoms with Crippen molar-refractivity contribution in [2.24, 2.45) is 7.05 Å². The summed E-state index contributed by atoms with van der Waals surface area (Å²) < 4.78 is 9.58. The normalized spacial score (nSPS) is 11.3. The van der Waals surface area contributed by atoms with E-state index in [-0.39, 0.29) is 6.42 Å². The van der Waals surface area contributed by atoms with Crippen LogP contribution in [-0.4, -0.2) is 32.1 Å². The Balaban J connectivity index is 2.32. The highest BCUT2D eigenvalue weighted by Crippen LogP contribution is 2.29. The Kier molecular flexibility index (Phi) is 2.93. The van der Waals surface area contributed by atoms with Gasteiger partial charge in [0, 0.05) is 13.1 Å². The van der Waals surface area contributed by atoms with E-state index in [1.807, 2.05) is 29.6 Å². The second-order valence-corrected chi connectivity index (χ2v) is 5.22. The van der Waals surface area contributed by atoms with Gasteiger partial charge in [-0.15, -0.1) is 0 Å². The summed E-state index contributed by atoms with van der Waals surface area (Å²) in [5.74, 6) is 0.555. The van der Waals surface area contributed by atoms with Crippen molar-refractivity contribution in [3.63, 3.8) is 0 Å². The maximum Gasteiger partial charge on any atom is 0.309 e. The minimum absolute atomic E-state index is 0.0574. The van der Waals surface area contributed by atoms with Crippen molar-refractivity contribution in [3.8, 4) is 5.75 Å². The summed E-state index contributed by atoms with van der Waals surface area (Å²) >= 11 is 3.47. The van der Waals surface area contributed by atoms with Crippen molar-refractivity contribution in [3.05, 3.63) is 28.5 Å². The summed E-state index contributed by atoms with van der Waals surface area (Å²) in [6.07, 6.45) is -0.0574. The molecule has 0 saturated carbocycles. The minimum atomic E-state index is -0.875. The number of aromatic nitrogens is 3. The Bertz CT molecular complexity index is 834. The zero-order chi connectivity index (χ0) is 14.4. The number of rotatable bonds is 3. The monoisotopic (exact) mass is 337 g/mol. The van der Waals surface area contributed by atoms with E-state index in [9.17, 15) is 4.79 Å². The third-order valence-corrected chi connectivity index (χ3v) is 4.11. The number of carboxylic acids is 1. The molecule has 0 aliphatic heterocycles. The summed E-state index contributed by atoms with van der Waals surface area (Å²) in [4.78, 5) is 15.5. The Morgan fingerprint density at radius 3 is 2.90 bits per heavy atom. The third-order valence-electron chi connectivity index (χ3n) is 3.30. The molecule has 20 heavy (non-hydrogen) atoms. The van der Waals surface area contributed by atoms with Crippen molar-refractivity contribution < 1.29 is 14.6 Å². The smallest absolute Gasteiger partial charge is 0.309 e. The quantitative estimate of drug-likeness (QED) is 0.795. The molecule has 0 saturated heterocycles. The molecule has 3 rings (SSSR count). The molecule has 2 aromatic heterocycles. The lowest BCUT2D eigenvalue weighted by Crippen LogP contribution is -2.05. The van der Waals surface area contributed by atoms with Crippen LogP contribution in [-0.2, 0) is 18.3 Å². The van der Waals surface area contributed by atoms with Gasteiger partial charge in [-0.3, -0.25) is 9.20 Å². The van der Waals surface area contributed by atoms with Crippen molar-refractivity contribution in [2.75, 3.05) is 7.11 Å². The lowest BCUT2D eigenvalue weighted by atomic mass is 10.3. The zero-order valence-corrected chi connectivity index (χ0v) is 12.5. The predicted octanol–water partition coefficient (Wildman–Crippen LogP) is 2.22. The Morgan fingerprint density at radius 1 is 1.50 bits per heavy atom. The minimum Gasteiger partial charge on any atom is -0.497 e. The number of hydrogen-bond donors (Lipinski definition) is 1. The first-order chi connectivity index (χ1) is 9.52. The molecule has 104 valence electrons. The fourth-order valence-electron chi connectivity index (χ4n) is 2.32. The zero-order valence-electron chi connectivity index (χ0n) is 10.9. The number of ether oxygens (including phenoxy) is 1. The second-order valence-electron chi connectivity index (χ2n) is 4.47. The molecule has 0 fully saturated rings. The number of benzene rings is 1. The molecule has 0 aliphatic rings. The van der Waals surface area contributed by atoms with Crippen LogP contribution in [0, 0.1) is 0 Å². The number of aryl methyl sites for hydroxylation is 1. The number of hydrogen-bond acceptors (Lipinski definition) is 3. The van der Waals surface area contributed by atoms with Crippen LogP contribution >= 0.6 is 15.9 Å². The highest BCUT2D eigenvalue weighted by Gasteiger charge is 2.19. The number of nitrogens with zero attached hydrogens (tertiary/aromatic N) is 3. The van der Waals surface area contributed by atoms with Gasteiger partial charge >= 0.3 is 5.97 Å². The van der Waals surface area contributed by atoms with Crippen LogP contribution in [0.15, 0.2) is 22.8 Å². The summed E-state index contributed by atoms with van der Waals surface area (Å²) in [5, 5.41) is 8.98. The number of aliphatic carboxylic acids is 1. The van der Waals surface area contributed by atoms with E-state index in [4.69, 9.17) is 9.84 Å². The van der Waals surface area contributed by atoms with Gasteiger partial charge in [0.05, 0.1) is 30.3 Å². The standard InChI is InChI=1S/C13H12BrN3O3/c1-16-10(6-11(18)19)12(14)17-9-4-3-7(20-2)5-8(9)15-13(16)17/h3-5H,6H2,1-2H3,(H,18,19). The van der Waals surface area contributed by atoms with Gasteiger partial charge in [0.15, 0.2) is 0 Å². The van der Waals surface area contributed by atoms with E-state index >= 15 is 0 Å². The maximum absolute atomic E-state index is 10.9. The number of methoxy groups -OCH3 is 1. The van der Waals surface area contributed by atoms with E-state index in [0.29, 0.717) is 16.1 Å². The number of fused-ring (bicyclic) bond motifs is 3. The average Bonchev–Trinajstić information content (AvgIpc) is 2.89. The summed E-state index contributed by atoms with van der Waals surface area (Å²) in [5.41, 5.74) is 2.38. The Morgan fingerprint density at radius 2 is 2.25 bits per heavy atom. The number of imidazole rings is 2. The van der Waals surface area contributed by atoms with E-state index in [1.165, 1.54) is 0 Å². The Hall–Kier alpha value is -2.02. The fraction of sp³-hybridized carbons (Fsp3) is 0.231. The molecule has 0 amide bonds. The first-order valence-corrected chi connectivity index (χ1v) is 6.73. The van der Waals surface area contributed by atoms with Crippen LogP contribution in [0.4, 0.5) is 0 Å². The molecule has 0 atom stereocenters. The second kappa shape index (κ2) is 4.52. The number of halogens is 1. The molecule has 1 N–H and O–H groups in total. The number of carbonyl (C=O) groups is 1. The first kappa shape index (κ1) is 13.0. The van der Waals surface area contributed by atoms with Crippen LogP contribution in [0.2, 0.25) is 0 Å². The summed E-state index contributed by atoms with van der Waals surface area (Å²) in [6, 6.07) is 5.61. The lowest BCUT2D eigenvalue weighted by molar-refractivity contribution is -0.136. The number of carboxylic acid groups (broad SMARTS) is 1. The maximum atomic E-state index is 10.9. The van der Waals surface area contributed by atoms with Crippen LogP contribution in [0.3, 0.4) is 0 Å². The first-order valence-electron chi connectivity index (χ1n) is 5.94. The Labute approximate surface area is 122 Å². The third kappa shape index (κ3) is 1.77. The molecule has 0 aliphatic carbocycles. The molecule has 0 bridgehead atoms. The van der Waals surface area contributed by atoms with Gasteiger partial charge in [0.25, 0.3) is 0 Å². The van der Waals surface area contributed by atoms with E-state index in [1.54, 1.807) is 11.7 Å². The molecular weight excluding hydrogens is 326 g/mol. The van der Waals surface area contributed by atoms with Gasteiger partial charge in [-0.25, -0.2) is 4.98 Å². The van der Waals surface area contributed by atoms with Crippen LogP contribution in [0.25, 0.3) is 16.8 Å². The fourth-order valence-corrected chi connectivity index (χ4v) is 3.07. The van der Waals surface area contributed by atoms with E-state index < -0.39 is 5.97 Å². The van der Waals surface area contributed by atoms with Crippen LogP contribution < -0.4 is 4.74 Å². The van der Waals surface area contributed by atoms with Gasteiger partial charge in [0.2, 0.25) is 5.78 Å². The van der Waals surface area contributed by atoms with Gasteiger partial charge in [-0.2, -0.15) is 0 Å². The van der Waals surface area contributed by atoms with Crippen molar-refractivity contribution in [2.45, 2.75) is 6.42 Å². The van der Waals surface area contributed by atoms with Crippen LogP contribution in [0.5, 0.6) is 5.75 Å². The average molecular weight is 338 g/mol. The van der Waals surface area contributed by atoms with E-state index in [2.05, 4.69) is 20.9 Å². The predicted molar refractivity (Wildman–Crippen MR) is 77.3 cm³/mol. The van der Waals surface area contributed by atoms with Crippen molar-refractivity contribution in [1.82, 2.24) is 14.0 Å². The van der Waals surface area contributed by atoms with Gasteiger partial charge < -0.3 is 14.4 Å². The molecule has 0 spiro atoms. The highest BCUT2D eigenvalue weighted by atomic mass is 79.9. The van der Waals surface area contributed by atoms with Crippen molar-refractivity contribution in [1.29, 1.82) is 0 Å². The molecule has 0 radical (unpaired) electrons. The largest absolute Gasteiger partial charge is 0.497 e. The highest BCUT2D eigenvalue weighted by molar-refractivity contribution is 9.10. The molecule has 1 aromatic carbocycles. The molecule has 7 heteroatoms. The molecule has 2 heterocycles. The topological polar surface area (TPSA) is 68.8 Å². The van der Waals surface area contributed by atoms with Gasteiger partial charge in [-0.05, 0) is 28.1 Å². The molecule has 0 unspecified atom stereocenters. The lowest BCUT2D eigenvalue weighted by Gasteiger charge is -2.01. The van der Waals surface area contributed by atoms with E-state index in [0.717, 1.165) is 16.8 Å². The molecule has 6 nitrogen and oxygen atoms in total. The molecule has 3 aromatic rings. The summed E-state index contributed by atoms with van der Waals surface area (Å²) in [7, 11) is 3.42. The summed E-state index contributed by atoms with van der Waals surface area (Å²) in [6.45, 7) is 0. The van der Waals surface area contributed by atoms with Gasteiger partial charge in [0.1, 0.15) is 10.4 Å². The SMILES string of the molecule is COc1ccc2c(c1)nc1n(C)c(CC(=O)O)c(Br)n21. The molecular formula is C13H12BrN3O3. The van der Waals surface area contributed by atoms with Crippen molar-refractivity contribution >= 4 is 38.7 Å². The van der Waals surface area contributed by atoms with Crippen LogP contribution in [0.1, 0.15) is 5.69 Å². The van der Waals surface area contributed by atoms with Gasteiger partial charge in [-0.1, -0.05) is 0 Å².